The summed E-state index contributed by atoms with van der Waals surface area (Å²) in [6.45, 7) is 6.30. The number of aliphatic hydroxyl groups excluding tert-OH is 1. The number of ether oxygens (including phenoxy) is 1. The van der Waals surface area contributed by atoms with Gasteiger partial charge in [-0.3, -0.25) is 19.6 Å². The number of anilines is 2. The molecule has 11 nitrogen and oxygen atoms in total. The molecule has 0 spiro atoms. The van der Waals surface area contributed by atoms with Crippen molar-refractivity contribution in [3.8, 4) is 5.75 Å². The van der Waals surface area contributed by atoms with Gasteiger partial charge in [0.05, 0.1) is 36.6 Å². The van der Waals surface area contributed by atoms with Crippen molar-refractivity contribution in [1.29, 1.82) is 0 Å². The zero-order chi connectivity index (χ0) is 26.3. The number of rotatable bonds is 6. The quantitative estimate of drug-likeness (QED) is 0.327. The highest BCUT2D eigenvalue weighted by molar-refractivity contribution is 6.41. The molecule has 2 aliphatic rings. The normalized spacial score (nSPS) is 17.6. The van der Waals surface area contributed by atoms with Gasteiger partial charge in [-0.2, -0.15) is 4.98 Å². The molecule has 0 saturated carbocycles. The molecule has 0 unspecified atom stereocenters. The van der Waals surface area contributed by atoms with Gasteiger partial charge in [-0.25, -0.2) is 9.97 Å². The van der Waals surface area contributed by atoms with E-state index in [2.05, 4.69) is 29.8 Å². The number of aryl methyl sites for hydroxylation is 1. The van der Waals surface area contributed by atoms with Crippen LogP contribution in [0.5, 0.6) is 5.75 Å². The van der Waals surface area contributed by atoms with Gasteiger partial charge in [-0.1, -0.05) is 11.6 Å². The summed E-state index contributed by atoms with van der Waals surface area (Å²) in [5, 5.41) is 9.83. The lowest BCUT2D eigenvalue weighted by atomic mass is 10.1. The fourth-order valence-electron chi connectivity index (χ4n) is 4.86. The minimum absolute atomic E-state index is 0.0269. The van der Waals surface area contributed by atoms with Crippen molar-refractivity contribution < 1.29 is 14.6 Å². The molecule has 0 atom stereocenters. The third-order valence-electron chi connectivity index (χ3n) is 6.80. The van der Waals surface area contributed by atoms with Crippen LogP contribution >= 0.6 is 11.6 Å². The maximum absolute atomic E-state index is 13.7. The van der Waals surface area contributed by atoms with E-state index in [0.29, 0.717) is 35.0 Å². The van der Waals surface area contributed by atoms with Crippen LogP contribution in [-0.4, -0.2) is 67.1 Å². The molecular weight excluding hydrogens is 496 g/mol. The maximum Gasteiger partial charge on any atom is 0.260 e. The summed E-state index contributed by atoms with van der Waals surface area (Å²) < 4.78 is 5.53. The second kappa shape index (κ2) is 10.1. The number of halogens is 1. The number of aromatic nitrogens is 5. The van der Waals surface area contributed by atoms with E-state index in [4.69, 9.17) is 22.1 Å². The van der Waals surface area contributed by atoms with E-state index in [9.17, 15) is 9.90 Å². The molecular formula is C25H29ClN8O3. The summed E-state index contributed by atoms with van der Waals surface area (Å²) in [4.78, 5) is 38.1. The fourth-order valence-corrected chi connectivity index (χ4v) is 5.13. The van der Waals surface area contributed by atoms with Crippen molar-refractivity contribution >= 4 is 40.9 Å². The van der Waals surface area contributed by atoms with Crippen LogP contribution in [0.25, 0.3) is 11.6 Å². The minimum atomic E-state index is -0.305. The minimum Gasteiger partial charge on any atom is -0.496 e. The number of methoxy groups -OCH3 is 1. The summed E-state index contributed by atoms with van der Waals surface area (Å²) in [6.07, 6.45) is 6.42. The summed E-state index contributed by atoms with van der Waals surface area (Å²) in [7, 11) is 1.61. The number of piperidine rings is 1. The monoisotopic (exact) mass is 524 g/mol. The highest BCUT2D eigenvalue weighted by Gasteiger charge is 2.37. The Balaban J connectivity index is 1.46. The van der Waals surface area contributed by atoms with E-state index in [0.717, 1.165) is 48.5 Å². The van der Waals surface area contributed by atoms with Gasteiger partial charge in [-0.05, 0) is 32.8 Å². The Morgan fingerprint density at radius 1 is 1.22 bits per heavy atom. The van der Waals surface area contributed by atoms with Crippen LogP contribution < -0.4 is 15.4 Å². The van der Waals surface area contributed by atoms with E-state index in [-0.39, 0.29) is 29.7 Å². The molecule has 3 aromatic heterocycles. The number of nitrogens with two attached hydrogens (primary N) is 1. The highest BCUT2D eigenvalue weighted by Crippen LogP contribution is 2.41. The second-order valence-corrected chi connectivity index (χ2v) is 9.73. The van der Waals surface area contributed by atoms with Crippen molar-refractivity contribution in [2.75, 3.05) is 30.8 Å². The van der Waals surface area contributed by atoms with Crippen LogP contribution in [0.1, 0.15) is 46.7 Å². The number of carbonyl (C=O) groups excluding carboxylic acids is 1. The number of hydrogen-bond acceptors (Lipinski definition) is 9. The summed E-state index contributed by atoms with van der Waals surface area (Å²) >= 11 is 6.47. The molecule has 5 rings (SSSR count). The number of nitrogens with zero attached hydrogens (tertiary/aromatic N) is 6. The predicted molar refractivity (Wildman–Crippen MR) is 140 cm³/mol. The number of nitrogen functional groups attached to an aromatic ring is 1. The number of imidazole rings is 1. The molecule has 194 valence electrons. The molecule has 12 heteroatoms. The molecule has 0 aromatic carbocycles. The van der Waals surface area contributed by atoms with Gasteiger partial charge in [0.1, 0.15) is 16.7 Å². The van der Waals surface area contributed by atoms with Crippen molar-refractivity contribution in [2.24, 2.45) is 0 Å². The van der Waals surface area contributed by atoms with Gasteiger partial charge < -0.3 is 20.6 Å². The third-order valence-corrected chi connectivity index (χ3v) is 7.07. The fraction of sp³-hybridized carbons (Fsp3) is 0.400. The van der Waals surface area contributed by atoms with Crippen LogP contribution in [0.4, 0.5) is 11.8 Å². The van der Waals surface area contributed by atoms with Gasteiger partial charge >= 0.3 is 0 Å². The molecule has 0 radical (unpaired) electrons. The van der Waals surface area contributed by atoms with E-state index in [1.54, 1.807) is 25.6 Å². The third kappa shape index (κ3) is 4.89. The first-order chi connectivity index (χ1) is 17.7. The first-order valence-electron chi connectivity index (χ1n) is 12.1. The zero-order valence-corrected chi connectivity index (χ0v) is 21.7. The summed E-state index contributed by atoms with van der Waals surface area (Å²) in [5.41, 5.74) is 9.93. The number of hydrogen-bond donors (Lipinski definition) is 3. The molecule has 1 amide bonds. The number of aliphatic hydroxyl groups is 1. The highest BCUT2D eigenvalue weighted by atomic mass is 35.5. The van der Waals surface area contributed by atoms with Gasteiger partial charge in [0.15, 0.2) is 5.82 Å². The number of aromatic amines is 1. The lowest BCUT2D eigenvalue weighted by molar-refractivity contribution is -0.113. The van der Waals surface area contributed by atoms with E-state index >= 15 is 0 Å². The molecule has 1 saturated heterocycles. The molecule has 0 bridgehead atoms. The van der Waals surface area contributed by atoms with Gasteiger partial charge in [0, 0.05) is 48.8 Å². The number of likely N-dealkylation sites (tertiary alicyclic amines) is 1. The van der Waals surface area contributed by atoms with Crippen LogP contribution in [0, 0.1) is 13.8 Å². The topological polar surface area (TPSA) is 146 Å². The number of fused-ring (bicyclic) bond motifs is 1. The van der Waals surface area contributed by atoms with Crippen LogP contribution in [-0.2, 0) is 17.9 Å². The molecule has 37 heavy (non-hydrogen) atoms. The largest absolute Gasteiger partial charge is 0.496 e. The van der Waals surface area contributed by atoms with Gasteiger partial charge in [-0.15, -0.1) is 0 Å². The molecule has 3 aromatic rings. The van der Waals surface area contributed by atoms with Crippen molar-refractivity contribution in [3.63, 3.8) is 0 Å². The molecule has 1 fully saturated rings. The van der Waals surface area contributed by atoms with Crippen molar-refractivity contribution in [2.45, 2.75) is 45.9 Å². The Morgan fingerprint density at radius 3 is 2.70 bits per heavy atom. The SMILES string of the molecule is COc1c(C)cnc(CN2C(=O)C(=Cc3ncc(CN4CCC(O)CC4)[nH]3)c3c(Cl)nc(N)nc32)c1C. The van der Waals surface area contributed by atoms with Crippen LogP contribution in [0.2, 0.25) is 5.15 Å². The van der Waals surface area contributed by atoms with E-state index < -0.39 is 0 Å². The molecule has 5 heterocycles. The standard InChI is InChI=1S/C25H29ClN8O3/c1-13-9-28-18(14(2)21(13)37-3)12-34-23-20(22(26)31-25(27)32-23)17(24(34)36)8-19-29-10-15(30-19)11-33-6-4-16(35)5-7-33/h8-10,16,35H,4-7,11-12H2,1-3H3,(H,29,30)(H2,27,31,32). The number of pyridine rings is 1. The van der Waals surface area contributed by atoms with Crippen molar-refractivity contribution in [1.82, 2.24) is 29.8 Å². The Morgan fingerprint density at radius 2 is 1.97 bits per heavy atom. The number of carbonyl (C=O) groups is 1. The predicted octanol–water partition coefficient (Wildman–Crippen LogP) is 2.50. The summed E-state index contributed by atoms with van der Waals surface area (Å²) in [5.74, 6) is 1.23. The lowest BCUT2D eigenvalue weighted by Gasteiger charge is -2.28. The first kappa shape index (κ1) is 25.1. The van der Waals surface area contributed by atoms with Gasteiger partial charge in [0.25, 0.3) is 5.91 Å². The Labute approximate surface area is 219 Å². The van der Waals surface area contributed by atoms with Crippen molar-refractivity contribution in [3.05, 3.63) is 51.4 Å². The molecule has 4 N–H and O–H groups in total. The van der Waals surface area contributed by atoms with E-state index in [1.165, 1.54) is 4.90 Å². The average molecular weight is 525 g/mol. The second-order valence-electron chi connectivity index (χ2n) is 9.37. The Bertz CT molecular complexity index is 1380. The zero-order valence-electron chi connectivity index (χ0n) is 21.0. The van der Waals surface area contributed by atoms with E-state index in [1.807, 2.05) is 13.8 Å². The number of amides is 1. The van der Waals surface area contributed by atoms with Crippen LogP contribution in [0.3, 0.4) is 0 Å². The van der Waals surface area contributed by atoms with Gasteiger partial charge in [0.2, 0.25) is 5.95 Å². The number of H-pyrrole nitrogens is 1. The Kier molecular flexibility index (Phi) is 6.84. The lowest BCUT2D eigenvalue weighted by Crippen LogP contribution is -2.35. The van der Waals surface area contributed by atoms with Crippen LogP contribution in [0.15, 0.2) is 12.4 Å². The Hall–Kier alpha value is -3.54. The number of nitrogens with one attached hydrogen (secondary N) is 1. The summed E-state index contributed by atoms with van der Waals surface area (Å²) in [6, 6.07) is 0. The average Bonchev–Trinajstić information content (AvgIpc) is 3.40. The molecule has 0 aliphatic carbocycles. The first-order valence-corrected chi connectivity index (χ1v) is 12.4. The maximum atomic E-state index is 13.7. The molecule has 2 aliphatic heterocycles. The smallest absolute Gasteiger partial charge is 0.260 e.